The maximum atomic E-state index is 14.2. The second-order valence-electron chi connectivity index (χ2n) is 4.72. The fraction of sp³-hybridized carbons (Fsp3) is 0.500. The minimum Gasteiger partial charge on any atom is -0.467 e. The molecule has 0 bridgehead atoms. The fourth-order valence-electron chi connectivity index (χ4n) is 2.29. The molecule has 4 heteroatoms. The molecule has 18 heavy (non-hydrogen) atoms. The van der Waals surface area contributed by atoms with Gasteiger partial charge < -0.3 is 4.74 Å². The number of nitrogens with zero attached hydrogens (tertiary/aromatic N) is 1. The van der Waals surface area contributed by atoms with Crippen molar-refractivity contribution in [2.75, 3.05) is 20.2 Å². The van der Waals surface area contributed by atoms with E-state index < -0.39 is 11.6 Å². The molecular weight excluding hydrogens is 233 g/mol. The maximum Gasteiger partial charge on any atom is 0.343 e. The second-order valence-corrected chi connectivity index (χ2v) is 4.72. The van der Waals surface area contributed by atoms with Crippen molar-refractivity contribution < 1.29 is 13.9 Å². The average Bonchev–Trinajstić information content (AvgIpc) is 2.42. The van der Waals surface area contributed by atoms with E-state index in [1.807, 2.05) is 18.2 Å². The molecule has 1 fully saturated rings. The predicted molar refractivity (Wildman–Crippen MR) is 66.8 cm³/mol. The zero-order valence-corrected chi connectivity index (χ0v) is 10.6. The van der Waals surface area contributed by atoms with Gasteiger partial charge in [0, 0.05) is 32.5 Å². The Morgan fingerprint density at radius 1 is 1.33 bits per heavy atom. The van der Waals surface area contributed by atoms with E-state index in [0.717, 1.165) is 6.54 Å². The lowest BCUT2D eigenvalue weighted by Crippen LogP contribution is -2.46. The monoisotopic (exact) mass is 251 g/mol. The van der Waals surface area contributed by atoms with E-state index in [1.54, 1.807) is 0 Å². The number of esters is 1. The summed E-state index contributed by atoms with van der Waals surface area (Å²) in [5.41, 5.74) is -0.580. The molecule has 2 rings (SSSR count). The molecule has 0 spiro atoms. The highest BCUT2D eigenvalue weighted by molar-refractivity contribution is 5.79. The Morgan fingerprint density at radius 3 is 2.50 bits per heavy atom. The first kappa shape index (κ1) is 13.0. The number of halogens is 1. The minimum absolute atomic E-state index is 0.215. The average molecular weight is 251 g/mol. The van der Waals surface area contributed by atoms with E-state index >= 15 is 0 Å². The van der Waals surface area contributed by atoms with Gasteiger partial charge in [-0.05, 0) is 5.56 Å². The number of rotatable bonds is 3. The minimum atomic E-state index is -1.79. The second kappa shape index (κ2) is 5.48. The summed E-state index contributed by atoms with van der Waals surface area (Å²) < 4.78 is 18.7. The number of alkyl halides is 1. The van der Waals surface area contributed by atoms with E-state index in [0.29, 0.717) is 13.1 Å². The molecule has 0 amide bonds. The zero-order chi connectivity index (χ0) is 13.0. The third kappa shape index (κ3) is 2.88. The van der Waals surface area contributed by atoms with Gasteiger partial charge in [-0.3, -0.25) is 4.90 Å². The van der Waals surface area contributed by atoms with Crippen molar-refractivity contribution in [2.45, 2.75) is 25.1 Å². The molecule has 1 aliphatic heterocycles. The largest absolute Gasteiger partial charge is 0.467 e. The van der Waals surface area contributed by atoms with Crippen LogP contribution in [0.1, 0.15) is 18.4 Å². The predicted octanol–water partition coefficient (Wildman–Crippen LogP) is 2.16. The Kier molecular flexibility index (Phi) is 3.97. The van der Waals surface area contributed by atoms with Crippen LogP contribution >= 0.6 is 0 Å². The number of hydrogen-bond acceptors (Lipinski definition) is 3. The highest BCUT2D eigenvalue weighted by atomic mass is 19.1. The number of ether oxygens (including phenoxy) is 1. The quantitative estimate of drug-likeness (QED) is 0.771. The Bertz CT molecular complexity index is 400. The SMILES string of the molecule is COC(=O)C1(F)CCN(Cc2ccccc2)CC1. The van der Waals surface area contributed by atoms with Gasteiger partial charge >= 0.3 is 5.97 Å². The van der Waals surface area contributed by atoms with E-state index in [2.05, 4.69) is 21.8 Å². The highest BCUT2D eigenvalue weighted by Crippen LogP contribution is 2.28. The molecule has 1 aromatic rings. The number of benzene rings is 1. The van der Waals surface area contributed by atoms with Crippen LogP contribution < -0.4 is 0 Å². The van der Waals surface area contributed by atoms with E-state index in [-0.39, 0.29) is 12.8 Å². The van der Waals surface area contributed by atoms with E-state index in [4.69, 9.17) is 0 Å². The van der Waals surface area contributed by atoms with Crippen molar-refractivity contribution in [1.29, 1.82) is 0 Å². The van der Waals surface area contributed by atoms with Gasteiger partial charge in [-0.2, -0.15) is 0 Å². The number of carbonyl (C=O) groups excluding carboxylic acids is 1. The first-order valence-electron chi connectivity index (χ1n) is 6.18. The molecular formula is C14H18FNO2. The number of likely N-dealkylation sites (tertiary alicyclic amines) is 1. The summed E-state index contributed by atoms with van der Waals surface area (Å²) in [5.74, 6) is -0.734. The summed E-state index contributed by atoms with van der Waals surface area (Å²) in [6, 6.07) is 10.1. The highest BCUT2D eigenvalue weighted by Gasteiger charge is 2.42. The van der Waals surface area contributed by atoms with Crippen LogP contribution in [0.5, 0.6) is 0 Å². The molecule has 1 aliphatic rings. The standard InChI is InChI=1S/C14H18FNO2/c1-18-13(17)14(15)7-9-16(10-8-14)11-12-5-3-2-4-6-12/h2-6H,7-11H2,1H3. The summed E-state index contributed by atoms with van der Waals surface area (Å²) in [6.07, 6.45) is 0.430. The molecule has 1 heterocycles. The van der Waals surface area contributed by atoms with Gasteiger partial charge in [0.15, 0.2) is 0 Å². The first-order valence-corrected chi connectivity index (χ1v) is 6.18. The Balaban J connectivity index is 1.89. The van der Waals surface area contributed by atoms with Crippen LogP contribution in [-0.2, 0) is 16.1 Å². The normalized spacial score (nSPS) is 19.4. The molecule has 0 aromatic heterocycles. The molecule has 98 valence electrons. The molecule has 0 unspecified atom stereocenters. The van der Waals surface area contributed by atoms with Gasteiger partial charge in [0.05, 0.1) is 7.11 Å². The lowest BCUT2D eigenvalue weighted by Gasteiger charge is -2.34. The van der Waals surface area contributed by atoms with Crippen LogP contribution in [0.25, 0.3) is 0 Å². The van der Waals surface area contributed by atoms with Gasteiger partial charge in [0.25, 0.3) is 0 Å². The van der Waals surface area contributed by atoms with Crippen molar-refractivity contribution >= 4 is 5.97 Å². The Labute approximate surface area is 107 Å². The lowest BCUT2D eigenvalue weighted by atomic mass is 9.93. The molecule has 0 N–H and O–H groups in total. The van der Waals surface area contributed by atoms with Gasteiger partial charge in [-0.25, -0.2) is 9.18 Å². The van der Waals surface area contributed by atoms with Crippen LogP contribution in [0.4, 0.5) is 4.39 Å². The van der Waals surface area contributed by atoms with Crippen molar-refractivity contribution in [3.05, 3.63) is 35.9 Å². The van der Waals surface area contributed by atoms with Gasteiger partial charge in [0.2, 0.25) is 5.67 Å². The van der Waals surface area contributed by atoms with Crippen LogP contribution in [0.2, 0.25) is 0 Å². The summed E-state index contributed by atoms with van der Waals surface area (Å²) in [5, 5.41) is 0. The fourth-order valence-corrected chi connectivity index (χ4v) is 2.29. The smallest absolute Gasteiger partial charge is 0.343 e. The summed E-state index contributed by atoms with van der Waals surface area (Å²) >= 11 is 0. The third-order valence-electron chi connectivity index (χ3n) is 3.45. The summed E-state index contributed by atoms with van der Waals surface area (Å²) in [6.45, 7) is 1.97. The van der Waals surface area contributed by atoms with Gasteiger partial charge in [0.1, 0.15) is 0 Å². The topological polar surface area (TPSA) is 29.5 Å². The van der Waals surface area contributed by atoms with E-state index in [1.165, 1.54) is 12.7 Å². The molecule has 0 atom stereocenters. The maximum absolute atomic E-state index is 14.2. The van der Waals surface area contributed by atoms with Crippen LogP contribution in [0, 0.1) is 0 Å². The number of carbonyl (C=O) groups is 1. The van der Waals surface area contributed by atoms with Crippen molar-refractivity contribution in [2.24, 2.45) is 0 Å². The molecule has 1 aromatic carbocycles. The van der Waals surface area contributed by atoms with Crippen molar-refractivity contribution in [3.8, 4) is 0 Å². The van der Waals surface area contributed by atoms with Gasteiger partial charge in [-0.15, -0.1) is 0 Å². The molecule has 0 saturated carbocycles. The summed E-state index contributed by atoms with van der Waals surface area (Å²) in [7, 11) is 1.24. The molecule has 0 aliphatic carbocycles. The zero-order valence-electron chi connectivity index (χ0n) is 10.6. The summed E-state index contributed by atoms with van der Waals surface area (Å²) in [4.78, 5) is 13.5. The number of methoxy groups -OCH3 is 1. The Hall–Kier alpha value is -1.42. The van der Waals surface area contributed by atoms with Gasteiger partial charge in [-0.1, -0.05) is 30.3 Å². The van der Waals surface area contributed by atoms with Crippen LogP contribution in [0.3, 0.4) is 0 Å². The van der Waals surface area contributed by atoms with Crippen molar-refractivity contribution in [3.63, 3.8) is 0 Å². The van der Waals surface area contributed by atoms with Crippen LogP contribution in [-0.4, -0.2) is 36.7 Å². The van der Waals surface area contributed by atoms with Crippen LogP contribution in [0.15, 0.2) is 30.3 Å². The van der Waals surface area contributed by atoms with E-state index in [9.17, 15) is 9.18 Å². The number of piperidine rings is 1. The number of hydrogen-bond donors (Lipinski definition) is 0. The molecule has 0 radical (unpaired) electrons. The third-order valence-corrected chi connectivity index (χ3v) is 3.45. The first-order chi connectivity index (χ1) is 8.64. The molecule has 3 nitrogen and oxygen atoms in total. The van der Waals surface area contributed by atoms with Crippen molar-refractivity contribution in [1.82, 2.24) is 4.90 Å². The lowest BCUT2D eigenvalue weighted by molar-refractivity contribution is -0.158. The Morgan fingerprint density at radius 2 is 1.94 bits per heavy atom. The molecule has 1 saturated heterocycles.